The van der Waals surface area contributed by atoms with Crippen molar-refractivity contribution in [2.45, 2.75) is 0 Å². The average molecular weight is 323 g/mol. The second-order valence-corrected chi connectivity index (χ2v) is 5.01. The molecule has 0 fully saturated rings. The molecule has 1 aromatic heterocycles. The Morgan fingerprint density at radius 3 is 2.58 bits per heavy atom. The summed E-state index contributed by atoms with van der Waals surface area (Å²) in [6.45, 7) is 0. The van der Waals surface area contributed by atoms with E-state index in [1.54, 1.807) is 24.3 Å². The molecular weight excluding hydrogens is 310 g/mol. The molecule has 7 nitrogen and oxygen atoms in total. The molecule has 1 amide bonds. The van der Waals surface area contributed by atoms with Gasteiger partial charge in [0.2, 0.25) is 5.88 Å². The predicted molar refractivity (Wildman–Crippen MR) is 89.4 cm³/mol. The molecule has 2 aromatic carbocycles. The van der Waals surface area contributed by atoms with Gasteiger partial charge in [0.15, 0.2) is 0 Å². The highest BCUT2D eigenvalue weighted by Crippen LogP contribution is 2.20. The number of hydrogen-bond acceptors (Lipinski definition) is 5. The largest absolute Gasteiger partial charge is 0.508 e. The summed E-state index contributed by atoms with van der Waals surface area (Å²) in [6.07, 6.45) is 1.24. The number of rotatable bonds is 3. The molecule has 3 aromatic rings. The standard InChI is InChI=1S/C17H13N3O4/c21-11-5-3-4-10(8-11)15(22)20-18-9-14-12-6-1-2-7-13(12)16(23)19-17(14)24/h1-9,21H,(H,20,22)(H2,19,23,24)/b18-9+. The van der Waals surface area contributed by atoms with Crippen LogP contribution in [0.2, 0.25) is 0 Å². The van der Waals surface area contributed by atoms with Gasteiger partial charge in [-0.1, -0.05) is 24.3 Å². The smallest absolute Gasteiger partial charge is 0.271 e. The third kappa shape index (κ3) is 2.95. The summed E-state index contributed by atoms with van der Waals surface area (Å²) >= 11 is 0. The first-order valence-corrected chi connectivity index (χ1v) is 7.02. The Hall–Kier alpha value is -3.61. The van der Waals surface area contributed by atoms with Gasteiger partial charge in [-0.25, -0.2) is 5.43 Å². The number of H-pyrrole nitrogens is 1. The molecule has 7 heteroatoms. The monoisotopic (exact) mass is 323 g/mol. The number of nitrogens with zero attached hydrogens (tertiary/aromatic N) is 1. The molecule has 0 atom stereocenters. The van der Waals surface area contributed by atoms with E-state index in [1.165, 1.54) is 30.5 Å². The molecule has 0 unspecified atom stereocenters. The van der Waals surface area contributed by atoms with E-state index in [9.17, 15) is 19.8 Å². The summed E-state index contributed by atoms with van der Waals surface area (Å²) in [5, 5.41) is 24.0. The topological polar surface area (TPSA) is 115 Å². The molecule has 0 aliphatic rings. The van der Waals surface area contributed by atoms with Gasteiger partial charge in [-0.2, -0.15) is 5.10 Å². The molecule has 3 rings (SSSR count). The third-order valence-corrected chi connectivity index (χ3v) is 3.42. The number of amides is 1. The van der Waals surface area contributed by atoms with Crippen LogP contribution < -0.4 is 11.0 Å². The number of carbonyl (C=O) groups is 1. The Morgan fingerprint density at radius 2 is 1.83 bits per heavy atom. The van der Waals surface area contributed by atoms with Crippen LogP contribution in [-0.2, 0) is 0 Å². The van der Waals surface area contributed by atoms with Gasteiger partial charge in [-0.3, -0.25) is 14.6 Å². The lowest BCUT2D eigenvalue weighted by atomic mass is 10.1. The maximum Gasteiger partial charge on any atom is 0.271 e. The average Bonchev–Trinajstić information content (AvgIpc) is 2.57. The first-order chi connectivity index (χ1) is 11.6. The second-order valence-electron chi connectivity index (χ2n) is 5.01. The van der Waals surface area contributed by atoms with E-state index in [0.717, 1.165) is 0 Å². The highest BCUT2D eigenvalue weighted by molar-refractivity contribution is 6.02. The van der Waals surface area contributed by atoms with Gasteiger partial charge in [-0.15, -0.1) is 0 Å². The molecule has 0 saturated heterocycles. The Morgan fingerprint density at radius 1 is 1.08 bits per heavy atom. The first-order valence-electron chi connectivity index (χ1n) is 7.02. The van der Waals surface area contributed by atoms with Crippen molar-refractivity contribution >= 4 is 22.9 Å². The van der Waals surface area contributed by atoms with E-state index in [0.29, 0.717) is 10.8 Å². The summed E-state index contributed by atoms with van der Waals surface area (Å²) in [5.74, 6) is -0.889. The normalized spacial score (nSPS) is 11.0. The minimum absolute atomic E-state index is 0.0316. The van der Waals surface area contributed by atoms with Crippen molar-refractivity contribution in [2.75, 3.05) is 0 Å². The highest BCUT2D eigenvalue weighted by atomic mass is 16.3. The number of aromatic hydroxyl groups is 2. The van der Waals surface area contributed by atoms with E-state index in [-0.39, 0.29) is 22.8 Å². The van der Waals surface area contributed by atoms with E-state index in [4.69, 9.17) is 0 Å². The number of carbonyl (C=O) groups excluding carboxylic acids is 1. The SMILES string of the molecule is O=C(N/N=C/c1c(O)[nH]c(=O)c2ccccc12)c1cccc(O)c1. The number of hydrogen-bond donors (Lipinski definition) is 4. The van der Waals surface area contributed by atoms with Gasteiger partial charge in [0.1, 0.15) is 5.75 Å². The molecule has 0 aliphatic carbocycles. The highest BCUT2D eigenvalue weighted by Gasteiger charge is 2.09. The lowest BCUT2D eigenvalue weighted by Crippen LogP contribution is -2.17. The van der Waals surface area contributed by atoms with Gasteiger partial charge < -0.3 is 10.2 Å². The zero-order chi connectivity index (χ0) is 17.1. The number of aromatic nitrogens is 1. The fraction of sp³-hybridized carbons (Fsp3) is 0. The molecule has 0 spiro atoms. The quantitative estimate of drug-likeness (QED) is 0.434. The Kier molecular flexibility index (Phi) is 3.98. The van der Waals surface area contributed by atoms with Crippen molar-refractivity contribution in [2.24, 2.45) is 5.10 Å². The van der Waals surface area contributed by atoms with Crippen molar-refractivity contribution in [3.05, 3.63) is 70.0 Å². The number of phenolic OH excluding ortho intramolecular Hbond substituents is 1. The van der Waals surface area contributed by atoms with Gasteiger partial charge in [0, 0.05) is 16.3 Å². The van der Waals surface area contributed by atoms with E-state index in [1.807, 2.05) is 0 Å². The molecule has 0 aliphatic heterocycles. The number of pyridine rings is 1. The Labute approximate surface area is 135 Å². The minimum Gasteiger partial charge on any atom is -0.508 e. The predicted octanol–water partition coefficient (Wildman–Crippen LogP) is 1.70. The fourth-order valence-corrected chi connectivity index (χ4v) is 2.28. The van der Waals surface area contributed by atoms with Crippen LogP contribution in [0.15, 0.2) is 58.4 Å². The second kappa shape index (κ2) is 6.25. The van der Waals surface area contributed by atoms with E-state index in [2.05, 4.69) is 15.5 Å². The van der Waals surface area contributed by atoms with Crippen LogP contribution in [0, 0.1) is 0 Å². The molecule has 24 heavy (non-hydrogen) atoms. The van der Waals surface area contributed by atoms with Crippen molar-refractivity contribution in [3.63, 3.8) is 0 Å². The summed E-state index contributed by atoms with van der Waals surface area (Å²) in [6, 6.07) is 12.5. The molecule has 120 valence electrons. The molecule has 0 radical (unpaired) electrons. The molecule has 0 bridgehead atoms. The zero-order valence-electron chi connectivity index (χ0n) is 12.4. The van der Waals surface area contributed by atoms with Crippen LogP contribution in [0.4, 0.5) is 0 Å². The fourth-order valence-electron chi connectivity index (χ4n) is 2.28. The summed E-state index contributed by atoms with van der Waals surface area (Å²) in [5.41, 5.74) is 2.40. The van der Waals surface area contributed by atoms with Crippen LogP contribution in [0.3, 0.4) is 0 Å². The number of fused-ring (bicyclic) bond motifs is 1. The third-order valence-electron chi connectivity index (χ3n) is 3.42. The number of phenols is 1. The van der Waals surface area contributed by atoms with Gasteiger partial charge in [-0.05, 0) is 24.3 Å². The molecule has 4 N–H and O–H groups in total. The lowest BCUT2D eigenvalue weighted by molar-refractivity contribution is 0.0954. The maximum atomic E-state index is 11.9. The van der Waals surface area contributed by atoms with Crippen LogP contribution in [0.1, 0.15) is 15.9 Å². The van der Waals surface area contributed by atoms with Gasteiger partial charge in [0.05, 0.1) is 11.8 Å². The van der Waals surface area contributed by atoms with Crippen molar-refractivity contribution < 1.29 is 15.0 Å². The summed E-state index contributed by atoms with van der Waals surface area (Å²) < 4.78 is 0. The number of aromatic amines is 1. The zero-order valence-corrected chi connectivity index (χ0v) is 12.4. The van der Waals surface area contributed by atoms with Gasteiger partial charge in [0.25, 0.3) is 11.5 Å². The number of nitrogens with one attached hydrogen (secondary N) is 2. The number of benzene rings is 2. The van der Waals surface area contributed by atoms with E-state index >= 15 is 0 Å². The molecule has 1 heterocycles. The molecule has 0 saturated carbocycles. The Bertz CT molecular complexity index is 1010. The van der Waals surface area contributed by atoms with Crippen LogP contribution >= 0.6 is 0 Å². The first kappa shape index (κ1) is 15.3. The maximum absolute atomic E-state index is 11.9. The van der Waals surface area contributed by atoms with E-state index < -0.39 is 11.5 Å². The summed E-state index contributed by atoms with van der Waals surface area (Å²) in [4.78, 5) is 26.1. The summed E-state index contributed by atoms with van der Waals surface area (Å²) in [7, 11) is 0. The van der Waals surface area contributed by atoms with Crippen LogP contribution in [0.25, 0.3) is 10.8 Å². The van der Waals surface area contributed by atoms with Crippen molar-refractivity contribution in [1.82, 2.24) is 10.4 Å². The van der Waals surface area contributed by atoms with Crippen LogP contribution in [-0.4, -0.2) is 27.3 Å². The lowest BCUT2D eigenvalue weighted by Gasteiger charge is -2.04. The van der Waals surface area contributed by atoms with Crippen LogP contribution in [0.5, 0.6) is 11.6 Å². The molecular formula is C17H13N3O4. The van der Waals surface area contributed by atoms with Crippen molar-refractivity contribution in [1.29, 1.82) is 0 Å². The van der Waals surface area contributed by atoms with Gasteiger partial charge >= 0.3 is 0 Å². The minimum atomic E-state index is -0.518. The number of hydrazone groups is 1. The van der Waals surface area contributed by atoms with Crippen molar-refractivity contribution in [3.8, 4) is 11.6 Å². The Balaban J connectivity index is 1.89.